The van der Waals surface area contributed by atoms with Crippen molar-refractivity contribution in [2.45, 2.75) is 38.5 Å². The maximum absolute atomic E-state index is 11.5. The maximum atomic E-state index is 11.5. The summed E-state index contributed by atoms with van der Waals surface area (Å²) in [5.41, 5.74) is 2.23. The van der Waals surface area contributed by atoms with E-state index < -0.39 is 9.05 Å². The minimum absolute atomic E-state index is 0.154. The van der Waals surface area contributed by atoms with E-state index in [9.17, 15) is 8.42 Å². The van der Waals surface area contributed by atoms with Crippen molar-refractivity contribution in [3.63, 3.8) is 0 Å². The van der Waals surface area contributed by atoms with Gasteiger partial charge in [-0.1, -0.05) is 0 Å². The monoisotopic (exact) mass is 320 g/mol. The predicted octanol–water partition coefficient (Wildman–Crippen LogP) is 3.34. The first-order chi connectivity index (χ1) is 9.29. The number of hydrogen-bond donors (Lipinski definition) is 0. The highest BCUT2D eigenvalue weighted by molar-refractivity contribution is 8.13. The second kappa shape index (κ2) is 7.29. The van der Waals surface area contributed by atoms with Gasteiger partial charge in [0.05, 0.1) is 11.5 Å². The van der Waals surface area contributed by atoms with Crippen LogP contribution in [0.25, 0.3) is 0 Å². The van der Waals surface area contributed by atoms with E-state index in [1.54, 1.807) is 20.1 Å². The van der Waals surface area contributed by atoms with Gasteiger partial charge in [-0.05, 0) is 56.4 Å². The molecule has 1 aromatic rings. The van der Waals surface area contributed by atoms with Crippen molar-refractivity contribution >= 4 is 19.7 Å². The summed E-state index contributed by atoms with van der Waals surface area (Å²) in [7, 11) is 3.38. The number of rotatable bonds is 7. The number of hydrogen-bond acceptors (Lipinski definition) is 4. The van der Waals surface area contributed by atoms with Crippen LogP contribution in [-0.2, 0) is 13.8 Å². The third-order valence-corrected chi connectivity index (χ3v) is 4.68. The van der Waals surface area contributed by atoms with Gasteiger partial charge in [0.2, 0.25) is 0 Å². The van der Waals surface area contributed by atoms with Crippen molar-refractivity contribution in [2.75, 3.05) is 20.3 Å². The number of benzene rings is 1. The van der Waals surface area contributed by atoms with Gasteiger partial charge in [0, 0.05) is 24.4 Å². The van der Waals surface area contributed by atoms with E-state index in [4.69, 9.17) is 20.2 Å². The van der Waals surface area contributed by atoms with E-state index in [2.05, 4.69) is 0 Å². The molecular weight excluding hydrogens is 300 g/mol. The quantitative estimate of drug-likeness (QED) is 0.571. The van der Waals surface area contributed by atoms with E-state index in [1.807, 2.05) is 13.8 Å². The second-order valence-corrected chi connectivity index (χ2v) is 7.29. The van der Waals surface area contributed by atoms with Gasteiger partial charge in [-0.25, -0.2) is 8.42 Å². The lowest BCUT2D eigenvalue weighted by atomic mass is 10.1. The highest BCUT2D eigenvalue weighted by Crippen LogP contribution is 2.32. The number of ether oxygens (including phenoxy) is 2. The normalized spacial score (nSPS) is 11.7. The van der Waals surface area contributed by atoms with Crippen molar-refractivity contribution in [2.24, 2.45) is 0 Å². The summed E-state index contributed by atoms with van der Waals surface area (Å²) in [6, 6.07) is 1.56. The van der Waals surface area contributed by atoms with Gasteiger partial charge in [-0.15, -0.1) is 0 Å². The highest BCUT2D eigenvalue weighted by Gasteiger charge is 2.19. The van der Waals surface area contributed by atoms with E-state index >= 15 is 0 Å². The molecule has 0 bridgehead atoms. The van der Waals surface area contributed by atoms with Crippen LogP contribution in [0.2, 0.25) is 0 Å². The molecule has 114 valence electrons. The van der Waals surface area contributed by atoms with Crippen LogP contribution in [0.4, 0.5) is 0 Å². The molecule has 4 nitrogen and oxygen atoms in total. The SMILES string of the molecule is COCCCCOc1c(C)cc(S(=O)(=O)Cl)c(C)c1C. The Labute approximate surface area is 125 Å². The Morgan fingerprint density at radius 2 is 1.70 bits per heavy atom. The molecule has 0 aliphatic carbocycles. The smallest absolute Gasteiger partial charge is 0.261 e. The zero-order valence-electron chi connectivity index (χ0n) is 12.3. The third kappa shape index (κ3) is 4.36. The Balaban J connectivity index is 2.92. The standard InChI is InChI=1S/C14H21ClO4S/c1-10-9-13(20(15,16)17)11(2)12(3)14(10)19-8-6-5-7-18-4/h9H,5-8H2,1-4H3. The van der Waals surface area contributed by atoms with E-state index in [0.29, 0.717) is 18.8 Å². The molecule has 0 atom stereocenters. The Morgan fingerprint density at radius 3 is 2.25 bits per heavy atom. The average Bonchev–Trinajstić information content (AvgIpc) is 2.35. The van der Waals surface area contributed by atoms with Crippen LogP contribution in [0.3, 0.4) is 0 Å². The molecule has 0 aliphatic heterocycles. The summed E-state index contributed by atoms with van der Waals surface area (Å²) in [5, 5.41) is 0. The summed E-state index contributed by atoms with van der Waals surface area (Å²) in [6.45, 7) is 6.70. The van der Waals surface area contributed by atoms with Crippen LogP contribution in [0.15, 0.2) is 11.0 Å². The minimum atomic E-state index is -3.73. The average molecular weight is 321 g/mol. The largest absolute Gasteiger partial charge is 0.493 e. The van der Waals surface area contributed by atoms with Crippen LogP contribution >= 0.6 is 10.7 Å². The summed E-state index contributed by atoms with van der Waals surface area (Å²) < 4.78 is 33.8. The van der Waals surface area contributed by atoms with Gasteiger partial charge in [0.25, 0.3) is 9.05 Å². The molecule has 0 aliphatic rings. The minimum Gasteiger partial charge on any atom is -0.493 e. The molecule has 1 rings (SSSR count). The van der Waals surface area contributed by atoms with Gasteiger partial charge in [-0.3, -0.25) is 0 Å². The van der Waals surface area contributed by atoms with Crippen LogP contribution < -0.4 is 4.74 Å². The zero-order valence-corrected chi connectivity index (χ0v) is 13.9. The summed E-state index contributed by atoms with van der Waals surface area (Å²) in [4.78, 5) is 0.154. The first-order valence-electron chi connectivity index (χ1n) is 6.46. The van der Waals surface area contributed by atoms with E-state index in [0.717, 1.165) is 29.7 Å². The number of methoxy groups -OCH3 is 1. The highest BCUT2D eigenvalue weighted by atomic mass is 35.7. The van der Waals surface area contributed by atoms with Crippen molar-refractivity contribution in [3.05, 3.63) is 22.8 Å². The first-order valence-corrected chi connectivity index (χ1v) is 8.77. The molecule has 0 unspecified atom stereocenters. The van der Waals surface area contributed by atoms with E-state index in [1.165, 1.54) is 0 Å². The van der Waals surface area contributed by atoms with Crippen molar-refractivity contribution in [1.29, 1.82) is 0 Å². The van der Waals surface area contributed by atoms with Crippen LogP contribution in [0, 0.1) is 20.8 Å². The second-order valence-electron chi connectivity index (χ2n) is 4.76. The van der Waals surface area contributed by atoms with Gasteiger partial charge in [0.15, 0.2) is 0 Å². The van der Waals surface area contributed by atoms with Gasteiger partial charge in [-0.2, -0.15) is 0 Å². The van der Waals surface area contributed by atoms with Crippen LogP contribution in [0.1, 0.15) is 29.5 Å². The molecule has 1 aromatic carbocycles. The predicted molar refractivity (Wildman–Crippen MR) is 80.3 cm³/mol. The maximum Gasteiger partial charge on any atom is 0.261 e. The lowest BCUT2D eigenvalue weighted by Gasteiger charge is -2.16. The number of halogens is 1. The molecule has 6 heteroatoms. The summed E-state index contributed by atoms with van der Waals surface area (Å²) in [5.74, 6) is 0.740. The summed E-state index contributed by atoms with van der Waals surface area (Å²) in [6.07, 6.45) is 1.82. The lowest BCUT2D eigenvalue weighted by molar-refractivity contribution is 0.184. The molecule has 0 spiro atoms. The molecule has 0 heterocycles. The molecule has 20 heavy (non-hydrogen) atoms. The van der Waals surface area contributed by atoms with Crippen molar-refractivity contribution in [1.82, 2.24) is 0 Å². The topological polar surface area (TPSA) is 52.6 Å². The fourth-order valence-electron chi connectivity index (χ4n) is 2.02. The van der Waals surface area contributed by atoms with Crippen molar-refractivity contribution < 1.29 is 17.9 Å². The Hall–Kier alpha value is -0.780. The summed E-state index contributed by atoms with van der Waals surface area (Å²) >= 11 is 0. The fourth-order valence-corrected chi connectivity index (χ4v) is 3.34. The van der Waals surface area contributed by atoms with Gasteiger partial charge >= 0.3 is 0 Å². The molecule has 0 saturated carbocycles. The van der Waals surface area contributed by atoms with Gasteiger partial charge in [0.1, 0.15) is 5.75 Å². The third-order valence-electron chi connectivity index (χ3n) is 3.23. The Bertz CT molecular complexity index is 567. The van der Waals surface area contributed by atoms with Gasteiger partial charge < -0.3 is 9.47 Å². The van der Waals surface area contributed by atoms with Crippen LogP contribution in [0.5, 0.6) is 5.75 Å². The molecule has 0 N–H and O–H groups in total. The zero-order chi connectivity index (χ0) is 15.3. The fraction of sp³-hybridized carbons (Fsp3) is 0.571. The molecule has 0 radical (unpaired) electrons. The van der Waals surface area contributed by atoms with E-state index in [-0.39, 0.29) is 4.90 Å². The Kier molecular flexibility index (Phi) is 6.30. The molecule has 0 amide bonds. The lowest BCUT2D eigenvalue weighted by Crippen LogP contribution is -2.05. The molecular formula is C14H21ClO4S. The molecule has 0 aromatic heterocycles. The molecule has 0 fully saturated rings. The number of aryl methyl sites for hydroxylation is 1. The van der Waals surface area contributed by atoms with Crippen molar-refractivity contribution in [3.8, 4) is 5.75 Å². The van der Waals surface area contributed by atoms with Crippen LogP contribution in [-0.4, -0.2) is 28.7 Å². The first kappa shape index (κ1) is 17.3. The molecule has 0 saturated heterocycles. The number of unbranched alkanes of at least 4 members (excludes halogenated alkanes) is 1. The Morgan fingerprint density at radius 1 is 1.10 bits per heavy atom.